The van der Waals surface area contributed by atoms with Gasteiger partial charge in [0.2, 0.25) is 11.9 Å². The number of halogens is 3. The van der Waals surface area contributed by atoms with E-state index in [1.165, 1.54) is 0 Å². The van der Waals surface area contributed by atoms with Gasteiger partial charge in [0.15, 0.2) is 6.61 Å². The largest absolute Gasteiger partial charge is 0.465 e. The molecule has 0 bridgehead atoms. The third-order valence-corrected chi connectivity index (χ3v) is 5.98. The Kier molecular flexibility index (Phi) is 6.72. The molecule has 1 aromatic carbocycles. The van der Waals surface area contributed by atoms with Crippen LogP contribution in [0.2, 0.25) is 0 Å². The van der Waals surface area contributed by atoms with Crippen LogP contribution in [0.25, 0.3) is 10.9 Å². The van der Waals surface area contributed by atoms with E-state index in [-0.39, 0.29) is 18.4 Å². The Balaban J connectivity index is 1.32. The highest BCUT2D eigenvalue weighted by Gasteiger charge is 2.30. The van der Waals surface area contributed by atoms with E-state index in [1.807, 2.05) is 36.1 Å². The lowest BCUT2D eigenvalue weighted by Gasteiger charge is -2.35. The number of ether oxygens (including phenoxy) is 1. The standard InChI is InChI=1S/C25H26F3N7O2/c1-16-13-21(30-20-6-4-3-5-19(16)20)34-9-11-35(12-10-34)23-31-22(29-14-18-8-7-17(2)37-18)32-24(33-23)36-15-25(26,27)28/h3-8,13H,9-12,14-15H2,1-2H3,(H,29,31,32,33). The van der Waals surface area contributed by atoms with Crippen molar-refractivity contribution in [2.45, 2.75) is 26.6 Å². The molecule has 12 heteroatoms. The molecule has 37 heavy (non-hydrogen) atoms. The fourth-order valence-corrected chi connectivity index (χ4v) is 4.15. The summed E-state index contributed by atoms with van der Waals surface area (Å²) in [4.78, 5) is 21.5. The van der Waals surface area contributed by atoms with Crippen LogP contribution >= 0.6 is 0 Å². The van der Waals surface area contributed by atoms with Crippen LogP contribution in [0.5, 0.6) is 6.01 Å². The van der Waals surface area contributed by atoms with Crippen LogP contribution in [0.15, 0.2) is 46.9 Å². The second-order valence-electron chi connectivity index (χ2n) is 8.80. The molecule has 0 atom stereocenters. The molecule has 194 valence electrons. The number of aryl methyl sites for hydroxylation is 2. The first kappa shape index (κ1) is 24.6. The van der Waals surface area contributed by atoms with Gasteiger partial charge in [-0.15, -0.1) is 0 Å². The van der Waals surface area contributed by atoms with E-state index in [2.05, 4.69) is 44.2 Å². The molecule has 0 saturated carbocycles. The third-order valence-electron chi connectivity index (χ3n) is 5.98. The van der Waals surface area contributed by atoms with E-state index >= 15 is 0 Å². The van der Waals surface area contributed by atoms with Crippen LogP contribution < -0.4 is 19.9 Å². The first-order valence-electron chi connectivity index (χ1n) is 11.8. The van der Waals surface area contributed by atoms with Crippen LogP contribution in [-0.4, -0.2) is 58.9 Å². The predicted octanol–water partition coefficient (Wildman–Crippen LogP) is 4.51. The highest BCUT2D eigenvalue weighted by Crippen LogP contribution is 2.25. The van der Waals surface area contributed by atoms with Crippen LogP contribution in [0.3, 0.4) is 0 Å². The minimum Gasteiger partial charge on any atom is -0.465 e. The lowest BCUT2D eigenvalue weighted by atomic mass is 10.1. The molecular formula is C25H26F3N7O2. The van der Waals surface area contributed by atoms with Gasteiger partial charge in [-0.3, -0.25) is 0 Å². The number of pyridine rings is 1. The van der Waals surface area contributed by atoms with Crippen molar-refractivity contribution in [3.8, 4) is 6.01 Å². The summed E-state index contributed by atoms with van der Waals surface area (Å²) in [5.74, 6) is 2.62. The van der Waals surface area contributed by atoms with Crippen LogP contribution in [0, 0.1) is 13.8 Å². The molecule has 0 amide bonds. The van der Waals surface area contributed by atoms with E-state index in [4.69, 9.17) is 14.1 Å². The minimum absolute atomic E-state index is 0.102. The number of alkyl halides is 3. The Bertz CT molecular complexity index is 1380. The summed E-state index contributed by atoms with van der Waals surface area (Å²) in [6.45, 7) is 5.04. The number of fused-ring (bicyclic) bond motifs is 1. The zero-order chi connectivity index (χ0) is 26.0. The summed E-state index contributed by atoms with van der Waals surface area (Å²) in [5, 5.41) is 4.10. The Hall–Kier alpha value is -4.09. The van der Waals surface area contributed by atoms with Gasteiger partial charge in [0.05, 0.1) is 12.1 Å². The van der Waals surface area contributed by atoms with Gasteiger partial charge in [-0.25, -0.2) is 4.98 Å². The molecule has 5 rings (SSSR count). The fraction of sp³-hybridized carbons (Fsp3) is 0.360. The Morgan fingerprint density at radius 1 is 0.946 bits per heavy atom. The van der Waals surface area contributed by atoms with Crippen molar-refractivity contribution in [3.05, 3.63) is 59.5 Å². The van der Waals surface area contributed by atoms with Gasteiger partial charge in [0, 0.05) is 31.6 Å². The summed E-state index contributed by atoms with van der Waals surface area (Å²) >= 11 is 0. The van der Waals surface area contributed by atoms with E-state index in [9.17, 15) is 13.2 Å². The Labute approximate surface area is 211 Å². The zero-order valence-electron chi connectivity index (χ0n) is 20.4. The number of nitrogens with one attached hydrogen (secondary N) is 1. The van der Waals surface area contributed by atoms with Gasteiger partial charge < -0.3 is 24.3 Å². The van der Waals surface area contributed by atoms with Gasteiger partial charge in [-0.1, -0.05) is 18.2 Å². The monoisotopic (exact) mass is 513 g/mol. The van der Waals surface area contributed by atoms with Crippen LogP contribution in [-0.2, 0) is 6.54 Å². The lowest BCUT2D eigenvalue weighted by Crippen LogP contribution is -2.47. The predicted molar refractivity (Wildman–Crippen MR) is 133 cm³/mol. The Morgan fingerprint density at radius 3 is 2.43 bits per heavy atom. The molecular weight excluding hydrogens is 487 g/mol. The molecule has 0 spiro atoms. The molecule has 0 aliphatic carbocycles. The summed E-state index contributed by atoms with van der Waals surface area (Å²) < 4.78 is 48.6. The molecule has 1 N–H and O–H groups in total. The summed E-state index contributed by atoms with van der Waals surface area (Å²) in [6, 6.07) is 13.3. The second-order valence-corrected chi connectivity index (χ2v) is 8.80. The van der Waals surface area contributed by atoms with Crippen LogP contribution in [0.1, 0.15) is 17.1 Å². The number of aromatic nitrogens is 4. The molecule has 4 aromatic rings. The molecule has 0 radical (unpaired) electrons. The normalized spacial score (nSPS) is 14.3. The smallest absolute Gasteiger partial charge is 0.422 e. The highest BCUT2D eigenvalue weighted by molar-refractivity contribution is 5.83. The maximum absolute atomic E-state index is 12.8. The van der Waals surface area contributed by atoms with Gasteiger partial charge in [-0.2, -0.15) is 28.1 Å². The van der Waals surface area contributed by atoms with Crippen molar-refractivity contribution in [1.82, 2.24) is 19.9 Å². The van der Waals surface area contributed by atoms with Gasteiger partial charge in [0.1, 0.15) is 17.3 Å². The van der Waals surface area contributed by atoms with E-state index < -0.39 is 18.8 Å². The topological polar surface area (TPSA) is 92.4 Å². The maximum atomic E-state index is 12.8. The molecule has 9 nitrogen and oxygen atoms in total. The van der Waals surface area contributed by atoms with Crippen molar-refractivity contribution in [1.29, 1.82) is 0 Å². The number of rotatable bonds is 7. The zero-order valence-corrected chi connectivity index (χ0v) is 20.4. The van der Waals surface area contributed by atoms with E-state index in [0.717, 1.165) is 28.0 Å². The van der Waals surface area contributed by atoms with Crippen molar-refractivity contribution in [2.24, 2.45) is 0 Å². The first-order valence-corrected chi connectivity index (χ1v) is 11.8. The second kappa shape index (κ2) is 10.1. The number of furan rings is 1. The molecule has 1 aliphatic rings. The van der Waals surface area contributed by atoms with Gasteiger partial charge in [-0.05, 0) is 43.7 Å². The van der Waals surface area contributed by atoms with Gasteiger partial charge >= 0.3 is 12.2 Å². The number of hydrogen-bond donors (Lipinski definition) is 1. The highest BCUT2D eigenvalue weighted by atomic mass is 19.4. The van der Waals surface area contributed by atoms with Crippen molar-refractivity contribution >= 4 is 28.6 Å². The third kappa shape index (κ3) is 6.01. The fourth-order valence-electron chi connectivity index (χ4n) is 4.15. The molecule has 1 saturated heterocycles. The summed E-state index contributed by atoms with van der Waals surface area (Å²) in [6.07, 6.45) is -4.51. The minimum atomic E-state index is -4.51. The maximum Gasteiger partial charge on any atom is 0.422 e. The van der Waals surface area contributed by atoms with E-state index in [1.54, 1.807) is 6.07 Å². The Morgan fingerprint density at radius 2 is 1.70 bits per heavy atom. The first-order chi connectivity index (χ1) is 17.7. The molecule has 1 fully saturated rings. The van der Waals surface area contributed by atoms with Gasteiger partial charge in [0.25, 0.3) is 0 Å². The number of para-hydroxylation sites is 1. The molecule has 4 heterocycles. The number of benzene rings is 1. The van der Waals surface area contributed by atoms with Crippen molar-refractivity contribution in [2.75, 3.05) is 47.9 Å². The summed E-state index contributed by atoms with van der Waals surface area (Å²) in [7, 11) is 0. The lowest BCUT2D eigenvalue weighted by molar-refractivity contribution is -0.154. The number of piperazine rings is 1. The molecule has 0 unspecified atom stereocenters. The summed E-state index contributed by atoms with van der Waals surface area (Å²) in [5.41, 5.74) is 2.08. The van der Waals surface area contributed by atoms with E-state index in [0.29, 0.717) is 31.9 Å². The average molecular weight is 514 g/mol. The quantitative estimate of drug-likeness (QED) is 0.383. The number of anilines is 3. The van der Waals surface area contributed by atoms with Crippen molar-refractivity contribution < 1.29 is 22.3 Å². The van der Waals surface area contributed by atoms with Crippen LogP contribution in [0.4, 0.5) is 30.9 Å². The SMILES string of the molecule is Cc1ccc(CNc2nc(OCC(F)(F)F)nc(N3CCN(c4cc(C)c5ccccc5n4)CC3)n2)o1. The number of nitrogens with zero attached hydrogens (tertiary/aromatic N) is 6. The van der Waals surface area contributed by atoms with Crippen molar-refractivity contribution in [3.63, 3.8) is 0 Å². The molecule has 1 aliphatic heterocycles. The molecule has 3 aromatic heterocycles. The number of hydrogen-bond acceptors (Lipinski definition) is 9. The average Bonchev–Trinajstić information content (AvgIpc) is 3.31.